The van der Waals surface area contributed by atoms with E-state index in [1.807, 2.05) is 43.3 Å². The molecule has 0 spiro atoms. The number of aryl methyl sites for hydroxylation is 1. The zero-order valence-electron chi connectivity index (χ0n) is 12.7. The second-order valence-corrected chi connectivity index (χ2v) is 5.20. The molecule has 0 saturated heterocycles. The van der Waals surface area contributed by atoms with Crippen LogP contribution in [0.5, 0.6) is 5.75 Å². The van der Waals surface area contributed by atoms with E-state index in [9.17, 15) is 0 Å². The van der Waals surface area contributed by atoms with Crippen LogP contribution in [0.15, 0.2) is 42.5 Å². The SMILES string of the molecule is Cc1cccc(CN(C)CCOc2ccc(CN)cc2)n1. The van der Waals surface area contributed by atoms with Crippen molar-refractivity contribution in [1.29, 1.82) is 0 Å². The molecule has 0 aliphatic carbocycles. The van der Waals surface area contributed by atoms with E-state index in [0.29, 0.717) is 13.2 Å². The number of nitrogens with two attached hydrogens (primary N) is 1. The molecular formula is C17H23N3O. The van der Waals surface area contributed by atoms with Crippen LogP contribution in [0.3, 0.4) is 0 Å². The van der Waals surface area contributed by atoms with Gasteiger partial charge in [-0.3, -0.25) is 9.88 Å². The van der Waals surface area contributed by atoms with Crippen LogP contribution in [0.25, 0.3) is 0 Å². The smallest absolute Gasteiger partial charge is 0.119 e. The lowest BCUT2D eigenvalue weighted by atomic mass is 10.2. The van der Waals surface area contributed by atoms with Gasteiger partial charge in [-0.15, -0.1) is 0 Å². The van der Waals surface area contributed by atoms with E-state index in [2.05, 4.69) is 23.0 Å². The number of ether oxygens (including phenoxy) is 1. The predicted molar refractivity (Wildman–Crippen MR) is 85.1 cm³/mol. The van der Waals surface area contributed by atoms with Crippen LogP contribution in [-0.4, -0.2) is 30.1 Å². The fourth-order valence-electron chi connectivity index (χ4n) is 2.08. The first-order valence-corrected chi connectivity index (χ1v) is 7.20. The number of hydrogen-bond donors (Lipinski definition) is 1. The topological polar surface area (TPSA) is 51.4 Å². The highest BCUT2D eigenvalue weighted by Crippen LogP contribution is 2.11. The van der Waals surface area contributed by atoms with Gasteiger partial charge < -0.3 is 10.5 Å². The second-order valence-electron chi connectivity index (χ2n) is 5.20. The van der Waals surface area contributed by atoms with E-state index in [4.69, 9.17) is 10.5 Å². The van der Waals surface area contributed by atoms with Gasteiger partial charge in [0.05, 0.1) is 5.69 Å². The van der Waals surface area contributed by atoms with Crippen LogP contribution in [0.1, 0.15) is 17.0 Å². The Morgan fingerprint density at radius 1 is 1.14 bits per heavy atom. The minimum absolute atomic E-state index is 0.562. The molecule has 112 valence electrons. The Morgan fingerprint density at radius 3 is 2.57 bits per heavy atom. The summed E-state index contributed by atoms with van der Waals surface area (Å²) in [4.78, 5) is 6.71. The molecule has 0 fully saturated rings. The maximum absolute atomic E-state index is 5.73. The highest BCUT2D eigenvalue weighted by atomic mass is 16.5. The first kappa shape index (κ1) is 15.5. The lowest BCUT2D eigenvalue weighted by molar-refractivity contribution is 0.231. The third-order valence-electron chi connectivity index (χ3n) is 3.28. The summed E-state index contributed by atoms with van der Waals surface area (Å²) >= 11 is 0. The molecule has 21 heavy (non-hydrogen) atoms. The van der Waals surface area contributed by atoms with E-state index in [1.165, 1.54) is 0 Å². The zero-order chi connectivity index (χ0) is 15.1. The molecule has 0 saturated carbocycles. The molecule has 1 aromatic carbocycles. The Bertz CT molecular complexity index is 554. The molecule has 2 rings (SSSR count). The normalized spacial score (nSPS) is 10.9. The average molecular weight is 285 g/mol. The van der Waals surface area contributed by atoms with Gasteiger partial charge >= 0.3 is 0 Å². The maximum atomic E-state index is 5.73. The highest BCUT2D eigenvalue weighted by molar-refractivity contribution is 5.27. The second kappa shape index (κ2) is 7.76. The Hall–Kier alpha value is -1.91. The molecule has 0 aliphatic rings. The quantitative estimate of drug-likeness (QED) is 0.848. The van der Waals surface area contributed by atoms with Crippen LogP contribution in [0, 0.1) is 6.92 Å². The van der Waals surface area contributed by atoms with Gasteiger partial charge in [-0.25, -0.2) is 0 Å². The van der Waals surface area contributed by atoms with Crippen molar-refractivity contribution in [3.63, 3.8) is 0 Å². The molecule has 2 aromatic rings. The molecule has 0 aliphatic heterocycles. The Morgan fingerprint density at radius 2 is 1.90 bits per heavy atom. The van der Waals surface area contributed by atoms with Crippen LogP contribution < -0.4 is 10.5 Å². The van der Waals surface area contributed by atoms with Crippen LogP contribution in [0.4, 0.5) is 0 Å². The number of rotatable bonds is 7. The molecule has 4 heteroatoms. The van der Waals surface area contributed by atoms with Crippen molar-refractivity contribution in [2.75, 3.05) is 20.2 Å². The van der Waals surface area contributed by atoms with E-state index < -0.39 is 0 Å². The molecule has 1 heterocycles. The van der Waals surface area contributed by atoms with Gasteiger partial charge in [-0.05, 0) is 43.8 Å². The number of aromatic nitrogens is 1. The van der Waals surface area contributed by atoms with Crippen molar-refractivity contribution in [3.05, 3.63) is 59.4 Å². The standard InChI is InChI=1S/C17H23N3O/c1-14-4-3-5-16(19-14)13-20(2)10-11-21-17-8-6-15(12-18)7-9-17/h3-9H,10-13,18H2,1-2H3. The Balaban J connectivity index is 1.74. The fourth-order valence-corrected chi connectivity index (χ4v) is 2.08. The van der Waals surface area contributed by atoms with E-state index in [0.717, 1.165) is 35.8 Å². The van der Waals surface area contributed by atoms with Crippen LogP contribution in [0.2, 0.25) is 0 Å². The largest absolute Gasteiger partial charge is 0.492 e. The summed E-state index contributed by atoms with van der Waals surface area (Å²) in [5.74, 6) is 0.884. The molecule has 0 bridgehead atoms. The molecule has 1 aromatic heterocycles. The number of pyridine rings is 1. The van der Waals surface area contributed by atoms with E-state index >= 15 is 0 Å². The first-order valence-electron chi connectivity index (χ1n) is 7.20. The lowest BCUT2D eigenvalue weighted by Gasteiger charge is -2.16. The molecule has 2 N–H and O–H groups in total. The molecule has 0 atom stereocenters. The number of likely N-dealkylation sites (N-methyl/N-ethyl adjacent to an activating group) is 1. The van der Waals surface area contributed by atoms with Crippen molar-refractivity contribution >= 4 is 0 Å². The monoisotopic (exact) mass is 285 g/mol. The predicted octanol–water partition coefficient (Wildman–Crippen LogP) is 2.36. The molecule has 4 nitrogen and oxygen atoms in total. The summed E-state index contributed by atoms with van der Waals surface area (Å²) < 4.78 is 5.73. The zero-order valence-corrected chi connectivity index (χ0v) is 12.7. The van der Waals surface area contributed by atoms with Gasteiger partial charge in [0.1, 0.15) is 12.4 Å². The van der Waals surface area contributed by atoms with Gasteiger partial charge in [0.15, 0.2) is 0 Å². The number of nitrogens with zero attached hydrogens (tertiary/aromatic N) is 2. The van der Waals surface area contributed by atoms with Crippen molar-refractivity contribution in [3.8, 4) is 5.75 Å². The van der Waals surface area contributed by atoms with Crippen LogP contribution >= 0.6 is 0 Å². The Labute approximate surface area is 126 Å². The summed E-state index contributed by atoms with van der Waals surface area (Å²) in [6.07, 6.45) is 0. The van der Waals surface area contributed by atoms with Gasteiger partial charge in [-0.2, -0.15) is 0 Å². The van der Waals surface area contributed by atoms with Crippen molar-refractivity contribution < 1.29 is 4.74 Å². The summed E-state index contributed by atoms with van der Waals surface area (Å²) in [6.45, 7) is 4.92. The number of benzene rings is 1. The Kier molecular flexibility index (Phi) is 5.72. The average Bonchev–Trinajstić information content (AvgIpc) is 2.48. The molecule has 0 amide bonds. The minimum Gasteiger partial charge on any atom is -0.492 e. The first-order chi connectivity index (χ1) is 10.2. The fraction of sp³-hybridized carbons (Fsp3) is 0.353. The maximum Gasteiger partial charge on any atom is 0.119 e. The summed E-state index contributed by atoms with van der Waals surface area (Å²) in [7, 11) is 2.07. The summed E-state index contributed by atoms with van der Waals surface area (Å²) in [6, 6.07) is 14.0. The van der Waals surface area contributed by atoms with E-state index in [-0.39, 0.29) is 0 Å². The molecule has 0 radical (unpaired) electrons. The van der Waals surface area contributed by atoms with E-state index in [1.54, 1.807) is 0 Å². The minimum atomic E-state index is 0.562. The highest BCUT2D eigenvalue weighted by Gasteiger charge is 2.02. The summed E-state index contributed by atoms with van der Waals surface area (Å²) in [5.41, 5.74) is 8.83. The van der Waals surface area contributed by atoms with Gasteiger partial charge in [0.25, 0.3) is 0 Å². The lowest BCUT2D eigenvalue weighted by Crippen LogP contribution is -2.24. The van der Waals surface area contributed by atoms with Gasteiger partial charge in [0, 0.05) is 25.3 Å². The third kappa shape index (κ3) is 5.17. The van der Waals surface area contributed by atoms with Gasteiger partial charge in [0.2, 0.25) is 0 Å². The molecule has 0 unspecified atom stereocenters. The van der Waals surface area contributed by atoms with Crippen molar-refractivity contribution in [2.45, 2.75) is 20.0 Å². The van der Waals surface area contributed by atoms with Crippen molar-refractivity contribution in [1.82, 2.24) is 9.88 Å². The summed E-state index contributed by atoms with van der Waals surface area (Å²) in [5, 5.41) is 0. The molecular weight excluding hydrogens is 262 g/mol. The number of hydrogen-bond acceptors (Lipinski definition) is 4. The van der Waals surface area contributed by atoms with Crippen LogP contribution in [-0.2, 0) is 13.1 Å². The van der Waals surface area contributed by atoms with Crippen molar-refractivity contribution in [2.24, 2.45) is 5.73 Å². The van der Waals surface area contributed by atoms with Gasteiger partial charge in [-0.1, -0.05) is 18.2 Å². The third-order valence-corrected chi connectivity index (χ3v) is 3.28.